The molecule has 5 heteroatoms. The van der Waals surface area contributed by atoms with Crippen LogP contribution in [0, 0.1) is 0 Å². The van der Waals surface area contributed by atoms with Crippen LogP contribution in [0.3, 0.4) is 0 Å². The molecule has 2 aromatic carbocycles. The molecule has 1 N–H and O–H groups in total. The number of thiophene rings is 1. The van der Waals surface area contributed by atoms with Crippen molar-refractivity contribution in [3.63, 3.8) is 0 Å². The Balaban J connectivity index is 1.73. The Kier molecular flexibility index (Phi) is 5.34. The van der Waals surface area contributed by atoms with E-state index in [1.165, 1.54) is 6.92 Å². The predicted molar refractivity (Wildman–Crippen MR) is 114 cm³/mol. The smallest absolute Gasteiger partial charge is 0.341 e. The molecule has 1 aromatic heterocycles. The summed E-state index contributed by atoms with van der Waals surface area (Å²) in [5.74, 6) is -1.72. The highest BCUT2D eigenvalue weighted by atomic mass is 32.1. The number of hydrogen-bond acceptors (Lipinski definition) is 5. The Morgan fingerprint density at radius 2 is 1.79 bits per heavy atom. The molecule has 0 saturated heterocycles. The first-order valence-corrected chi connectivity index (χ1v) is 10.1. The van der Waals surface area contributed by atoms with Crippen LogP contribution in [0.2, 0.25) is 0 Å². The lowest BCUT2D eigenvalue weighted by atomic mass is 9.94. The van der Waals surface area contributed by atoms with Gasteiger partial charge in [-0.25, -0.2) is 4.79 Å². The molecule has 0 spiro atoms. The van der Waals surface area contributed by atoms with Crippen LogP contribution >= 0.6 is 11.3 Å². The summed E-state index contributed by atoms with van der Waals surface area (Å²) in [5, 5.41) is 12.8. The Morgan fingerprint density at radius 3 is 2.55 bits per heavy atom. The highest BCUT2D eigenvalue weighted by Gasteiger charge is 2.43. The van der Waals surface area contributed by atoms with Gasteiger partial charge in [-0.3, -0.25) is 0 Å². The zero-order chi connectivity index (χ0) is 20.3. The fourth-order valence-corrected chi connectivity index (χ4v) is 3.89. The summed E-state index contributed by atoms with van der Waals surface area (Å²) < 4.78 is 11.3. The highest BCUT2D eigenvalue weighted by molar-refractivity contribution is 7.10. The Bertz CT molecular complexity index is 1060. The lowest BCUT2D eigenvalue weighted by Gasteiger charge is -2.21. The predicted octanol–water partition coefficient (Wildman–Crippen LogP) is 5.06. The van der Waals surface area contributed by atoms with Crippen molar-refractivity contribution in [2.24, 2.45) is 0 Å². The minimum absolute atomic E-state index is 0.319. The second-order valence-electron chi connectivity index (χ2n) is 6.78. The zero-order valence-corrected chi connectivity index (χ0v) is 16.7. The van der Waals surface area contributed by atoms with Gasteiger partial charge in [-0.15, -0.1) is 11.3 Å². The van der Waals surface area contributed by atoms with Crippen LogP contribution in [0.1, 0.15) is 22.9 Å². The van der Waals surface area contributed by atoms with E-state index in [0.29, 0.717) is 29.1 Å². The van der Waals surface area contributed by atoms with Crippen LogP contribution in [0.4, 0.5) is 0 Å². The standard InChI is InChI=1S/C24H20O4S/c1-24(26)22(20(23(25)28-24)14-13-18-10-7-15-29-18)19-11-5-6-12-21(19)27-16-17-8-3-2-4-9-17/h2-15,26H,16H2,1H3/b14-13+. The van der Waals surface area contributed by atoms with E-state index in [1.54, 1.807) is 17.4 Å². The SMILES string of the molecule is CC1(O)OC(=O)C(/C=C/c2cccs2)=C1c1ccccc1OCc1ccccc1. The lowest BCUT2D eigenvalue weighted by molar-refractivity contribution is -0.170. The van der Waals surface area contributed by atoms with Crippen LogP contribution in [-0.4, -0.2) is 16.9 Å². The number of ether oxygens (including phenoxy) is 2. The molecule has 4 nitrogen and oxygen atoms in total. The Labute approximate surface area is 173 Å². The summed E-state index contributed by atoms with van der Waals surface area (Å²) >= 11 is 1.56. The average Bonchev–Trinajstić information content (AvgIpc) is 3.31. The fourth-order valence-electron chi connectivity index (χ4n) is 3.27. The van der Waals surface area contributed by atoms with E-state index in [2.05, 4.69) is 0 Å². The molecular weight excluding hydrogens is 384 g/mol. The van der Waals surface area contributed by atoms with Crippen molar-refractivity contribution < 1.29 is 19.4 Å². The van der Waals surface area contributed by atoms with Gasteiger partial charge in [0.05, 0.1) is 5.57 Å². The zero-order valence-electron chi connectivity index (χ0n) is 15.9. The van der Waals surface area contributed by atoms with Gasteiger partial charge in [0, 0.05) is 22.9 Å². The molecule has 1 aliphatic rings. The summed E-state index contributed by atoms with van der Waals surface area (Å²) in [5.41, 5.74) is 2.38. The third-order valence-electron chi connectivity index (χ3n) is 4.60. The molecule has 1 aliphatic heterocycles. The van der Waals surface area contributed by atoms with Gasteiger partial charge in [0.2, 0.25) is 5.79 Å². The molecule has 3 aromatic rings. The van der Waals surface area contributed by atoms with Crippen molar-refractivity contribution in [1.82, 2.24) is 0 Å². The topological polar surface area (TPSA) is 55.8 Å². The van der Waals surface area contributed by atoms with Crippen LogP contribution in [-0.2, 0) is 16.1 Å². The minimum Gasteiger partial charge on any atom is -0.488 e. The Hall–Kier alpha value is -3.15. The van der Waals surface area contributed by atoms with Crippen molar-refractivity contribution in [3.8, 4) is 5.75 Å². The third kappa shape index (κ3) is 4.16. The first kappa shape index (κ1) is 19.2. The van der Waals surface area contributed by atoms with E-state index in [0.717, 1.165) is 10.4 Å². The maximum absolute atomic E-state index is 12.5. The molecule has 0 saturated carbocycles. The van der Waals surface area contributed by atoms with Crippen molar-refractivity contribution in [1.29, 1.82) is 0 Å². The van der Waals surface area contributed by atoms with Gasteiger partial charge < -0.3 is 14.6 Å². The van der Waals surface area contributed by atoms with Crippen molar-refractivity contribution in [2.45, 2.75) is 19.3 Å². The maximum atomic E-state index is 12.5. The van der Waals surface area contributed by atoms with E-state index < -0.39 is 11.8 Å². The Morgan fingerprint density at radius 1 is 1.03 bits per heavy atom. The van der Waals surface area contributed by atoms with E-state index >= 15 is 0 Å². The van der Waals surface area contributed by atoms with E-state index in [-0.39, 0.29) is 0 Å². The third-order valence-corrected chi connectivity index (χ3v) is 5.43. The number of benzene rings is 2. The maximum Gasteiger partial charge on any atom is 0.341 e. The molecular formula is C24H20O4S. The normalized spacial score (nSPS) is 19.0. The van der Waals surface area contributed by atoms with Crippen LogP contribution in [0.25, 0.3) is 11.6 Å². The molecule has 0 radical (unpaired) electrons. The van der Waals surface area contributed by atoms with Crippen LogP contribution in [0.5, 0.6) is 5.75 Å². The number of hydrogen-bond donors (Lipinski definition) is 1. The lowest BCUT2D eigenvalue weighted by Crippen LogP contribution is -2.26. The number of carbonyl (C=O) groups excluding carboxylic acids is 1. The molecule has 0 bridgehead atoms. The van der Waals surface area contributed by atoms with Gasteiger partial charge in [0.1, 0.15) is 12.4 Å². The fraction of sp³-hybridized carbons (Fsp3) is 0.125. The largest absolute Gasteiger partial charge is 0.488 e. The summed E-state index contributed by atoms with van der Waals surface area (Å²) in [6.07, 6.45) is 3.54. The number of esters is 1. The minimum atomic E-state index is -1.74. The van der Waals surface area contributed by atoms with E-state index in [9.17, 15) is 9.90 Å². The molecule has 4 rings (SSSR count). The van der Waals surface area contributed by atoms with E-state index in [1.807, 2.05) is 78.2 Å². The van der Waals surface area contributed by atoms with Gasteiger partial charge in [0.25, 0.3) is 0 Å². The number of rotatable bonds is 6. The summed E-state index contributed by atoms with van der Waals surface area (Å²) in [6.45, 7) is 1.85. The summed E-state index contributed by atoms with van der Waals surface area (Å²) in [4.78, 5) is 13.5. The average molecular weight is 404 g/mol. The highest BCUT2D eigenvalue weighted by Crippen LogP contribution is 2.42. The number of aliphatic hydroxyl groups is 1. The second-order valence-corrected chi connectivity index (χ2v) is 7.76. The number of carbonyl (C=O) groups is 1. The molecule has 29 heavy (non-hydrogen) atoms. The number of para-hydroxylation sites is 1. The number of cyclic esters (lactones) is 1. The van der Waals surface area contributed by atoms with Gasteiger partial charge in [0.15, 0.2) is 0 Å². The van der Waals surface area contributed by atoms with E-state index in [4.69, 9.17) is 9.47 Å². The van der Waals surface area contributed by atoms with Crippen molar-refractivity contribution in [2.75, 3.05) is 0 Å². The quantitative estimate of drug-likeness (QED) is 0.584. The van der Waals surface area contributed by atoms with Crippen molar-refractivity contribution >= 4 is 29.0 Å². The molecule has 1 atom stereocenters. The molecule has 2 heterocycles. The second kappa shape index (κ2) is 8.07. The first-order valence-electron chi connectivity index (χ1n) is 9.23. The molecule has 0 aliphatic carbocycles. The first-order chi connectivity index (χ1) is 14.0. The van der Waals surface area contributed by atoms with Crippen molar-refractivity contribution in [3.05, 3.63) is 99.8 Å². The summed E-state index contributed by atoms with van der Waals surface area (Å²) in [6, 6.07) is 21.1. The van der Waals surface area contributed by atoms with Crippen LogP contribution in [0.15, 0.2) is 83.8 Å². The van der Waals surface area contributed by atoms with Gasteiger partial charge in [-0.05, 0) is 35.2 Å². The van der Waals surface area contributed by atoms with Crippen LogP contribution < -0.4 is 4.74 Å². The van der Waals surface area contributed by atoms with Gasteiger partial charge >= 0.3 is 5.97 Å². The summed E-state index contributed by atoms with van der Waals surface area (Å²) in [7, 11) is 0. The molecule has 0 amide bonds. The molecule has 0 fully saturated rings. The monoisotopic (exact) mass is 404 g/mol. The molecule has 1 unspecified atom stereocenters. The van der Waals surface area contributed by atoms with Gasteiger partial charge in [-0.1, -0.05) is 54.6 Å². The van der Waals surface area contributed by atoms with Gasteiger partial charge in [-0.2, -0.15) is 0 Å². The molecule has 146 valence electrons.